The Morgan fingerprint density at radius 3 is 2.50 bits per heavy atom. The van der Waals surface area contributed by atoms with Crippen LogP contribution in [0.3, 0.4) is 0 Å². The van der Waals surface area contributed by atoms with E-state index in [0.29, 0.717) is 0 Å². The molecule has 1 aromatic heterocycles. The number of ether oxygens (including phenoxy) is 1. The van der Waals surface area contributed by atoms with E-state index in [1.165, 1.54) is 0 Å². The molecule has 1 aromatic rings. The highest BCUT2D eigenvalue weighted by atomic mass is 32.2. The van der Waals surface area contributed by atoms with E-state index in [9.17, 15) is 35.5 Å². The fraction of sp³-hybridized carbons (Fsp3) is 0.750. The predicted molar refractivity (Wildman–Crippen MR) is 70.4 cm³/mol. The first-order valence-corrected chi connectivity index (χ1v) is 8.63. The van der Waals surface area contributed by atoms with Crippen LogP contribution in [0.2, 0.25) is 0 Å². The monoisotopic (exact) mass is 378 g/mol. The fourth-order valence-electron chi connectivity index (χ4n) is 2.59. The van der Waals surface area contributed by atoms with E-state index in [0.717, 1.165) is 18.0 Å². The summed E-state index contributed by atoms with van der Waals surface area (Å²) >= 11 is 0. The van der Waals surface area contributed by atoms with Crippen molar-refractivity contribution in [3.63, 3.8) is 0 Å². The maximum atomic E-state index is 13.7. The number of aliphatic hydroxyl groups is 1. The molecule has 0 fully saturated rings. The van der Waals surface area contributed by atoms with Crippen LogP contribution in [0.1, 0.15) is 23.8 Å². The lowest BCUT2D eigenvalue weighted by Crippen LogP contribution is -2.32. The molecule has 2 atom stereocenters. The summed E-state index contributed by atoms with van der Waals surface area (Å²) in [6.45, 7) is -0.487. The molecule has 2 rings (SSSR count). The largest absolute Gasteiger partial charge is 0.414 e. The van der Waals surface area contributed by atoms with Crippen LogP contribution >= 0.6 is 0 Å². The molecule has 0 bridgehead atoms. The van der Waals surface area contributed by atoms with Crippen molar-refractivity contribution in [1.29, 1.82) is 0 Å². The molecular weight excluding hydrogens is 363 g/mol. The first-order chi connectivity index (χ1) is 10.8. The number of alkyl halides is 5. The molecule has 0 saturated heterocycles. The zero-order valence-electron chi connectivity index (χ0n) is 12.6. The van der Waals surface area contributed by atoms with Gasteiger partial charge in [0.15, 0.2) is 21.0 Å². The Morgan fingerprint density at radius 2 is 2.04 bits per heavy atom. The van der Waals surface area contributed by atoms with Crippen molar-refractivity contribution >= 4 is 9.84 Å². The first kappa shape index (κ1) is 19.1. The summed E-state index contributed by atoms with van der Waals surface area (Å²) in [4.78, 5) is 0. The number of hydrogen-bond donors (Lipinski definition) is 1. The SMILES string of the molecule is COC(CCn1nc(S(C)(=O)=O)c2c1CC(F)(F)C2O)C(F)(F)F. The summed E-state index contributed by atoms with van der Waals surface area (Å²) in [5.41, 5.74) is -0.839. The van der Waals surface area contributed by atoms with Gasteiger partial charge in [0.2, 0.25) is 0 Å². The Bertz CT molecular complexity index is 729. The second-order valence-electron chi connectivity index (χ2n) is 5.56. The molecule has 12 heteroatoms. The van der Waals surface area contributed by atoms with Gasteiger partial charge in [0, 0.05) is 31.9 Å². The fourth-order valence-corrected chi connectivity index (χ4v) is 3.47. The highest BCUT2D eigenvalue weighted by Crippen LogP contribution is 2.45. The molecule has 0 spiro atoms. The van der Waals surface area contributed by atoms with Gasteiger partial charge in [0.1, 0.15) is 6.10 Å². The van der Waals surface area contributed by atoms with Crippen LogP contribution in [-0.2, 0) is 27.5 Å². The topological polar surface area (TPSA) is 81.4 Å². The molecule has 138 valence electrons. The van der Waals surface area contributed by atoms with Gasteiger partial charge in [-0.05, 0) is 0 Å². The molecule has 1 N–H and O–H groups in total. The molecule has 1 aliphatic carbocycles. The number of hydrogen-bond acceptors (Lipinski definition) is 5. The minimum absolute atomic E-state index is 0.287. The second kappa shape index (κ2) is 5.92. The maximum Gasteiger partial charge on any atom is 0.414 e. The van der Waals surface area contributed by atoms with E-state index >= 15 is 0 Å². The van der Waals surface area contributed by atoms with Crippen LogP contribution in [0.4, 0.5) is 22.0 Å². The Kier molecular flexibility index (Phi) is 4.70. The lowest BCUT2D eigenvalue weighted by atomic mass is 10.2. The van der Waals surface area contributed by atoms with E-state index in [4.69, 9.17) is 0 Å². The van der Waals surface area contributed by atoms with Crippen LogP contribution in [0, 0.1) is 0 Å². The lowest BCUT2D eigenvalue weighted by molar-refractivity contribution is -0.215. The number of halogens is 5. The molecule has 0 amide bonds. The normalized spacial score (nSPS) is 21.8. The van der Waals surface area contributed by atoms with Crippen molar-refractivity contribution in [3.05, 3.63) is 11.3 Å². The molecule has 6 nitrogen and oxygen atoms in total. The number of aromatic nitrogens is 2. The third kappa shape index (κ3) is 3.40. The summed E-state index contributed by atoms with van der Waals surface area (Å²) in [5, 5.41) is 12.5. The number of rotatable bonds is 5. The van der Waals surface area contributed by atoms with Gasteiger partial charge in [-0.25, -0.2) is 17.2 Å². The predicted octanol–water partition coefficient (Wildman–Crippen LogP) is 1.48. The number of fused-ring (bicyclic) bond motifs is 1. The standard InChI is InChI=1S/C12H15F5N2O4S/c1-23-7(12(15,16)17)3-4-19-6-5-11(13,14)9(20)8(6)10(18-19)24(2,21)22/h7,9,20H,3-5H2,1-2H3. The van der Waals surface area contributed by atoms with Crippen molar-refractivity contribution in [3.8, 4) is 0 Å². The highest BCUT2D eigenvalue weighted by molar-refractivity contribution is 7.90. The molecule has 24 heavy (non-hydrogen) atoms. The van der Waals surface area contributed by atoms with E-state index in [-0.39, 0.29) is 5.69 Å². The van der Waals surface area contributed by atoms with Crippen LogP contribution in [0.25, 0.3) is 0 Å². The van der Waals surface area contributed by atoms with Gasteiger partial charge >= 0.3 is 6.18 Å². The molecule has 2 unspecified atom stereocenters. The molecule has 0 aromatic carbocycles. The van der Waals surface area contributed by atoms with Gasteiger partial charge in [0.25, 0.3) is 5.92 Å². The average Bonchev–Trinajstić information content (AvgIpc) is 2.85. The van der Waals surface area contributed by atoms with Gasteiger partial charge in [-0.15, -0.1) is 0 Å². The zero-order valence-corrected chi connectivity index (χ0v) is 13.5. The summed E-state index contributed by atoms with van der Waals surface area (Å²) in [6.07, 6.45) is -10.1. The summed E-state index contributed by atoms with van der Waals surface area (Å²) in [7, 11) is -3.19. The van der Waals surface area contributed by atoms with E-state index in [1.54, 1.807) is 0 Å². The maximum absolute atomic E-state index is 13.7. The Morgan fingerprint density at radius 1 is 1.46 bits per heavy atom. The second-order valence-corrected chi connectivity index (χ2v) is 7.49. The quantitative estimate of drug-likeness (QED) is 0.785. The smallest absolute Gasteiger partial charge is 0.382 e. The Balaban J connectivity index is 2.39. The minimum atomic E-state index is -4.66. The molecule has 0 radical (unpaired) electrons. The van der Waals surface area contributed by atoms with Crippen molar-refractivity contribution in [1.82, 2.24) is 9.78 Å². The van der Waals surface area contributed by atoms with E-state index in [1.807, 2.05) is 0 Å². The van der Waals surface area contributed by atoms with Gasteiger partial charge in [-0.1, -0.05) is 0 Å². The Labute approximate surface area is 134 Å². The summed E-state index contributed by atoms with van der Waals surface area (Å²) in [5.74, 6) is -3.61. The number of aryl methyl sites for hydroxylation is 1. The van der Waals surface area contributed by atoms with Gasteiger partial charge < -0.3 is 9.84 Å². The van der Waals surface area contributed by atoms with Crippen LogP contribution in [-0.4, -0.2) is 54.9 Å². The first-order valence-electron chi connectivity index (χ1n) is 6.74. The van der Waals surface area contributed by atoms with Crippen molar-refractivity contribution < 1.29 is 40.2 Å². The molecule has 0 saturated carbocycles. The lowest BCUT2D eigenvalue weighted by Gasteiger charge is -2.19. The van der Waals surface area contributed by atoms with Gasteiger partial charge in [-0.2, -0.15) is 18.3 Å². The van der Waals surface area contributed by atoms with Crippen LogP contribution in [0.15, 0.2) is 5.03 Å². The molecule has 1 aliphatic rings. The number of sulfone groups is 1. The average molecular weight is 378 g/mol. The summed E-state index contributed by atoms with van der Waals surface area (Å²) in [6, 6.07) is 0. The summed E-state index contributed by atoms with van der Waals surface area (Å²) < 4.78 is 93.8. The van der Waals surface area contributed by atoms with Crippen molar-refractivity contribution in [2.75, 3.05) is 13.4 Å². The molecule has 1 heterocycles. The zero-order chi connectivity index (χ0) is 18.5. The van der Waals surface area contributed by atoms with Crippen LogP contribution < -0.4 is 0 Å². The number of nitrogens with zero attached hydrogens (tertiary/aromatic N) is 2. The third-order valence-corrected chi connectivity index (χ3v) is 4.75. The minimum Gasteiger partial charge on any atom is -0.382 e. The van der Waals surface area contributed by atoms with E-state index < -0.39 is 64.1 Å². The van der Waals surface area contributed by atoms with E-state index in [2.05, 4.69) is 9.84 Å². The van der Waals surface area contributed by atoms with Crippen molar-refractivity contribution in [2.45, 2.75) is 48.7 Å². The van der Waals surface area contributed by atoms with Gasteiger partial charge in [-0.3, -0.25) is 4.68 Å². The van der Waals surface area contributed by atoms with Gasteiger partial charge in [0.05, 0.1) is 12.1 Å². The number of methoxy groups -OCH3 is 1. The van der Waals surface area contributed by atoms with Crippen LogP contribution in [0.5, 0.6) is 0 Å². The highest BCUT2D eigenvalue weighted by Gasteiger charge is 2.52. The third-order valence-electron chi connectivity index (χ3n) is 3.74. The molecular formula is C12H15F5N2O4S. The Hall–Kier alpha value is -1.27. The number of aliphatic hydroxyl groups excluding tert-OH is 1. The molecule has 0 aliphatic heterocycles. The van der Waals surface area contributed by atoms with Crippen molar-refractivity contribution in [2.24, 2.45) is 0 Å².